The maximum Gasteiger partial charge on any atom is 0.231 e. The Morgan fingerprint density at radius 3 is 2.70 bits per heavy atom. The summed E-state index contributed by atoms with van der Waals surface area (Å²) in [6, 6.07) is 10.4. The highest BCUT2D eigenvalue weighted by molar-refractivity contribution is 6.09. The number of furan rings is 1. The van der Waals surface area contributed by atoms with Gasteiger partial charge in [-0.3, -0.25) is 4.79 Å². The first-order chi connectivity index (χ1) is 9.76. The zero-order valence-corrected chi connectivity index (χ0v) is 11.3. The van der Waals surface area contributed by atoms with Crippen molar-refractivity contribution in [1.29, 1.82) is 0 Å². The molecule has 1 aromatic heterocycles. The molecule has 0 saturated carbocycles. The number of ether oxygens (including phenoxy) is 2. The number of ketones is 1. The second-order valence-electron chi connectivity index (χ2n) is 4.14. The molecule has 2 rings (SSSR count). The number of carbonyl (C=O) groups excluding carboxylic acids is 1. The summed E-state index contributed by atoms with van der Waals surface area (Å²) in [6.07, 6.45) is 0. The van der Waals surface area contributed by atoms with E-state index in [1.54, 1.807) is 37.4 Å². The monoisotopic (exact) mass is 275 g/mol. The number of nitrogens with two attached hydrogens (primary N) is 1. The third-order valence-corrected chi connectivity index (χ3v) is 2.76. The van der Waals surface area contributed by atoms with E-state index in [2.05, 4.69) is 0 Å². The molecular weight excluding hydrogens is 258 g/mol. The van der Waals surface area contributed by atoms with Crippen molar-refractivity contribution in [2.24, 2.45) is 5.73 Å². The van der Waals surface area contributed by atoms with Gasteiger partial charge in [0, 0.05) is 7.11 Å². The highest BCUT2D eigenvalue weighted by Gasteiger charge is 2.17. The number of rotatable bonds is 7. The van der Waals surface area contributed by atoms with Gasteiger partial charge >= 0.3 is 0 Å². The van der Waals surface area contributed by atoms with Crippen molar-refractivity contribution in [3.8, 4) is 5.75 Å². The van der Waals surface area contributed by atoms with Crippen molar-refractivity contribution in [3.63, 3.8) is 0 Å². The fourth-order valence-corrected chi connectivity index (χ4v) is 1.76. The summed E-state index contributed by atoms with van der Waals surface area (Å²) in [6.45, 7) is 1.10. The number of benzene rings is 1. The molecule has 2 N–H and O–H groups in total. The van der Waals surface area contributed by atoms with Crippen molar-refractivity contribution in [3.05, 3.63) is 53.5 Å². The molecule has 0 spiro atoms. The Morgan fingerprint density at radius 1 is 1.20 bits per heavy atom. The molecule has 1 heterocycles. The molecule has 20 heavy (non-hydrogen) atoms. The molecule has 106 valence electrons. The summed E-state index contributed by atoms with van der Waals surface area (Å²) in [7, 11) is 1.59. The van der Waals surface area contributed by atoms with Gasteiger partial charge in [0.05, 0.1) is 18.7 Å². The van der Waals surface area contributed by atoms with Gasteiger partial charge in [-0.1, -0.05) is 12.1 Å². The average molecular weight is 275 g/mol. The van der Waals surface area contributed by atoms with Gasteiger partial charge in [0.15, 0.2) is 5.76 Å². The van der Waals surface area contributed by atoms with Crippen LogP contribution in [0.4, 0.5) is 0 Å². The Kier molecular flexibility index (Phi) is 4.92. The lowest BCUT2D eigenvalue weighted by atomic mass is 10.1. The minimum atomic E-state index is -0.224. The van der Waals surface area contributed by atoms with Crippen molar-refractivity contribution in [1.82, 2.24) is 0 Å². The van der Waals surface area contributed by atoms with Gasteiger partial charge in [-0.25, -0.2) is 0 Å². The first-order valence-electron chi connectivity index (χ1n) is 6.30. The maximum absolute atomic E-state index is 12.4. The molecule has 0 aliphatic carbocycles. The summed E-state index contributed by atoms with van der Waals surface area (Å²) >= 11 is 0. The third-order valence-electron chi connectivity index (χ3n) is 2.76. The highest BCUT2D eigenvalue weighted by Crippen LogP contribution is 2.22. The molecule has 0 amide bonds. The predicted molar refractivity (Wildman–Crippen MR) is 73.8 cm³/mol. The summed E-state index contributed by atoms with van der Waals surface area (Å²) in [4.78, 5) is 12.4. The van der Waals surface area contributed by atoms with Crippen molar-refractivity contribution >= 4 is 5.78 Å². The van der Waals surface area contributed by atoms with E-state index in [4.69, 9.17) is 19.6 Å². The summed E-state index contributed by atoms with van der Waals surface area (Å²) < 4.78 is 15.8. The fourth-order valence-electron chi connectivity index (χ4n) is 1.76. The first-order valence-corrected chi connectivity index (χ1v) is 6.30. The van der Waals surface area contributed by atoms with Crippen molar-refractivity contribution in [2.75, 3.05) is 20.3 Å². The summed E-state index contributed by atoms with van der Waals surface area (Å²) in [5.74, 6) is 1.12. The molecule has 2 aromatic rings. The van der Waals surface area contributed by atoms with Crippen LogP contribution >= 0.6 is 0 Å². The molecule has 0 radical (unpaired) electrons. The van der Waals surface area contributed by atoms with Crippen LogP contribution in [0.2, 0.25) is 0 Å². The molecule has 0 aliphatic heterocycles. The third kappa shape index (κ3) is 3.26. The average Bonchev–Trinajstić information content (AvgIpc) is 2.96. The Bertz CT molecular complexity index is 577. The topological polar surface area (TPSA) is 74.7 Å². The zero-order chi connectivity index (χ0) is 14.4. The normalized spacial score (nSPS) is 10.5. The van der Waals surface area contributed by atoms with E-state index in [1.165, 1.54) is 0 Å². The van der Waals surface area contributed by atoms with Crippen LogP contribution < -0.4 is 10.5 Å². The fraction of sp³-hybridized carbons (Fsp3) is 0.267. The van der Waals surface area contributed by atoms with Crippen LogP contribution in [0.25, 0.3) is 0 Å². The molecule has 5 heteroatoms. The molecule has 0 bridgehead atoms. The molecule has 0 fully saturated rings. The van der Waals surface area contributed by atoms with Gasteiger partial charge in [-0.2, -0.15) is 0 Å². The van der Waals surface area contributed by atoms with Gasteiger partial charge in [0.25, 0.3) is 0 Å². The minimum absolute atomic E-state index is 0.224. The van der Waals surface area contributed by atoms with E-state index in [0.717, 1.165) is 0 Å². The number of para-hydroxylation sites is 1. The van der Waals surface area contributed by atoms with Gasteiger partial charge in [-0.15, -0.1) is 0 Å². The smallest absolute Gasteiger partial charge is 0.231 e. The first kappa shape index (κ1) is 14.3. The Hall–Kier alpha value is -2.11. The summed E-state index contributed by atoms with van der Waals surface area (Å²) in [5, 5.41) is 0. The van der Waals surface area contributed by atoms with E-state index in [1.807, 2.05) is 6.07 Å². The number of hydrogen-bond donors (Lipinski definition) is 1. The van der Waals surface area contributed by atoms with Crippen LogP contribution in [-0.4, -0.2) is 26.1 Å². The molecule has 0 aliphatic rings. The van der Waals surface area contributed by atoms with E-state index < -0.39 is 0 Å². The van der Waals surface area contributed by atoms with Crippen LogP contribution in [0.1, 0.15) is 21.9 Å². The van der Waals surface area contributed by atoms with Crippen LogP contribution in [-0.2, 0) is 11.3 Å². The molecule has 5 nitrogen and oxygen atoms in total. The number of methoxy groups -OCH3 is 1. The highest BCUT2D eigenvalue weighted by atomic mass is 16.5. The second kappa shape index (κ2) is 6.88. The molecule has 1 aromatic carbocycles. The minimum Gasteiger partial charge on any atom is -0.490 e. The van der Waals surface area contributed by atoms with Gasteiger partial charge in [-0.05, 0) is 24.3 Å². The van der Waals surface area contributed by atoms with Crippen LogP contribution in [0, 0.1) is 0 Å². The predicted octanol–water partition coefficient (Wildman–Crippen LogP) is 1.99. The number of hydrogen-bond acceptors (Lipinski definition) is 5. The Morgan fingerprint density at radius 2 is 2.00 bits per heavy atom. The Labute approximate surface area is 117 Å². The van der Waals surface area contributed by atoms with Crippen molar-refractivity contribution in [2.45, 2.75) is 6.54 Å². The summed E-state index contributed by atoms with van der Waals surface area (Å²) in [5.41, 5.74) is 5.93. The van der Waals surface area contributed by atoms with E-state index in [0.29, 0.717) is 30.3 Å². The molecule has 0 saturated heterocycles. The Balaban J connectivity index is 2.20. The largest absolute Gasteiger partial charge is 0.490 e. The van der Waals surface area contributed by atoms with Gasteiger partial charge < -0.3 is 19.6 Å². The standard InChI is InChI=1S/C15H17NO4/c1-18-8-9-19-13-5-3-2-4-12(13)15(17)14-7-6-11(10-16)20-14/h2-7H,8-10,16H2,1H3. The lowest BCUT2D eigenvalue weighted by molar-refractivity contribution is 0.0999. The van der Waals surface area contributed by atoms with E-state index in [9.17, 15) is 4.79 Å². The number of carbonyl (C=O) groups is 1. The molecule has 0 unspecified atom stereocenters. The van der Waals surface area contributed by atoms with Gasteiger partial charge in [0.1, 0.15) is 18.1 Å². The lowest BCUT2D eigenvalue weighted by Crippen LogP contribution is -2.08. The zero-order valence-electron chi connectivity index (χ0n) is 11.3. The maximum atomic E-state index is 12.4. The molecular formula is C15H17NO4. The van der Waals surface area contributed by atoms with Crippen LogP contribution in [0.5, 0.6) is 5.75 Å². The van der Waals surface area contributed by atoms with Crippen LogP contribution in [0.15, 0.2) is 40.8 Å². The second-order valence-corrected chi connectivity index (χ2v) is 4.14. The SMILES string of the molecule is COCCOc1ccccc1C(=O)c1ccc(CN)o1. The van der Waals surface area contributed by atoms with Crippen LogP contribution in [0.3, 0.4) is 0 Å². The molecule has 0 atom stereocenters. The van der Waals surface area contributed by atoms with Gasteiger partial charge in [0.2, 0.25) is 5.78 Å². The van der Waals surface area contributed by atoms with Crippen molar-refractivity contribution < 1.29 is 18.7 Å². The lowest BCUT2D eigenvalue weighted by Gasteiger charge is -2.09. The quantitative estimate of drug-likeness (QED) is 0.618. The van der Waals surface area contributed by atoms with E-state index in [-0.39, 0.29) is 18.1 Å². The van der Waals surface area contributed by atoms with E-state index >= 15 is 0 Å².